The Morgan fingerprint density at radius 1 is 1.65 bits per heavy atom. The molecule has 0 bridgehead atoms. The lowest BCUT2D eigenvalue weighted by Gasteiger charge is -2.20. The third-order valence-electron chi connectivity index (χ3n) is 2.08. The van der Waals surface area contributed by atoms with E-state index >= 15 is 0 Å². The van der Waals surface area contributed by atoms with Crippen molar-refractivity contribution in [3.8, 4) is 0 Å². The van der Waals surface area contributed by atoms with E-state index in [1.807, 2.05) is 19.1 Å². The summed E-state index contributed by atoms with van der Waals surface area (Å²) in [4.78, 5) is 14.6. The Morgan fingerprint density at radius 2 is 2.35 bits per heavy atom. The summed E-state index contributed by atoms with van der Waals surface area (Å²) < 4.78 is 1.49. The van der Waals surface area contributed by atoms with Gasteiger partial charge in [0, 0.05) is 15.9 Å². The summed E-state index contributed by atoms with van der Waals surface area (Å²) in [5, 5.41) is 2.77. The number of hydrogen-bond acceptors (Lipinski definition) is 2. The zero-order chi connectivity index (χ0) is 12.8. The zero-order valence-electron chi connectivity index (χ0n) is 9.50. The number of halogens is 2. The van der Waals surface area contributed by atoms with Gasteiger partial charge >= 0.3 is 6.03 Å². The summed E-state index contributed by atoms with van der Waals surface area (Å²) in [7, 11) is 0. The van der Waals surface area contributed by atoms with Gasteiger partial charge in [-0.3, -0.25) is 0 Å². The molecule has 1 N–H and O–H groups in total. The molecule has 1 rings (SSSR count). The molecule has 0 aliphatic heterocycles. The van der Waals surface area contributed by atoms with Crippen LogP contribution in [0.5, 0.6) is 0 Å². The third kappa shape index (κ3) is 5.10. The fraction of sp³-hybridized carbons (Fsp3) is 0.364. The van der Waals surface area contributed by atoms with E-state index in [1.165, 1.54) is 11.3 Å². The Labute approximate surface area is 119 Å². The summed E-state index contributed by atoms with van der Waals surface area (Å²) in [5.74, 6) is 0. The second-order valence-electron chi connectivity index (χ2n) is 3.40. The van der Waals surface area contributed by atoms with Crippen molar-refractivity contribution in [2.24, 2.45) is 0 Å². The van der Waals surface area contributed by atoms with Gasteiger partial charge in [-0.25, -0.2) is 4.79 Å². The molecule has 0 aliphatic rings. The average Bonchev–Trinajstić information content (AvgIpc) is 2.68. The van der Waals surface area contributed by atoms with Gasteiger partial charge in [0.05, 0.1) is 17.4 Å². The Balaban J connectivity index is 2.53. The van der Waals surface area contributed by atoms with Gasteiger partial charge in [0.25, 0.3) is 0 Å². The van der Waals surface area contributed by atoms with E-state index in [9.17, 15) is 4.79 Å². The minimum Gasteiger partial charge on any atom is -0.333 e. The number of nitrogens with zero attached hydrogens (tertiary/aromatic N) is 1. The van der Waals surface area contributed by atoms with Gasteiger partial charge in [-0.05, 0) is 19.1 Å². The predicted octanol–water partition coefficient (Wildman–Crippen LogP) is 3.84. The lowest BCUT2D eigenvalue weighted by molar-refractivity contribution is 0.199. The molecule has 0 spiro atoms. The first-order valence-electron chi connectivity index (χ1n) is 5.13. The van der Waals surface area contributed by atoms with Gasteiger partial charge in [0.15, 0.2) is 0 Å². The van der Waals surface area contributed by atoms with Crippen LogP contribution in [0, 0.1) is 0 Å². The molecule has 3 nitrogen and oxygen atoms in total. The molecule has 0 radical (unpaired) electrons. The number of thiophene rings is 1. The van der Waals surface area contributed by atoms with Crippen LogP contribution < -0.4 is 5.32 Å². The van der Waals surface area contributed by atoms with Crippen molar-refractivity contribution in [2.75, 3.05) is 13.1 Å². The minimum atomic E-state index is -0.0994. The van der Waals surface area contributed by atoms with Crippen molar-refractivity contribution in [3.63, 3.8) is 0 Å². The zero-order valence-corrected chi connectivity index (χ0v) is 12.7. The fourth-order valence-corrected chi connectivity index (χ4v) is 2.48. The van der Waals surface area contributed by atoms with Crippen molar-refractivity contribution in [2.45, 2.75) is 13.5 Å². The Morgan fingerprint density at radius 3 is 2.82 bits per heavy atom. The summed E-state index contributed by atoms with van der Waals surface area (Å²) >= 11 is 10.5. The van der Waals surface area contributed by atoms with Crippen LogP contribution in [-0.2, 0) is 6.54 Å². The van der Waals surface area contributed by atoms with Gasteiger partial charge in [-0.1, -0.05) is 34.1 Å². The first kappa shape index (κ1) is 14.5. The summed E-state index contributed by atoms with van der Waals surface area (Å²) in [5.41, 5.74) is 0. The Kier molecular flexibility index (Phi) is 6.02. The molecular formula is C11H14BrClN2OS. The van der Waals surface area contributed by atoms with Gasteiger partial charge < -0.3 is 10.2 Å². The van der Waals surface area contributed by atoms with E-state index in [1.54, 1.807) is 4.90 Å². The topological polar surface area (TPSA) is 32.3 Å². The van der Waals surface area contributed by atoms with E-state index in [2.05, 4.69) is 27.8 Å². The number of rotatable bonds is 5. The predicted molar refractivity (Wildman–Crippen MR) is 76.9 cm³/mol. The molecule has 1 heterocycles. The fourth-order valence-electron chi connectivity index (χ4n) is 1.24. The normalized spacial score (nSPS) is 10.1. The molecule has 0 aromatic carbocycles. The smallest absolute Gasteiger partial charge is 0.318 e. The molecule has 6 heteroatoms. The van der Waals surface area contributed by atoms with Crippen molar-refractivity contribution in [1.82, 2.24) is 10.2 Å². The highest BCUT2D eigenvalue weighted by molar-refractivity contribution is 9.11. The molecular weight excluding hydrogens is 324 g/mol. The highest BCUT2D eigenvalue weighted by atomic mass is 79.9. The van der Waals surface area contributed by atoms with Gasteiger partial charge in [0.1, 0.15) is 0 Å². The van der Waals surface area contributed by atoms with Crippen LogP contribution in [0.2, 0.25) is 4.34 Å². The van der Waals surface area contributed by atoms with Crippen LogP contribution in [0.1, 0.15) is 11.8 Å². The SMILES string of the molecule is C=C(Br)CNC(=O)N(CC)Cc1ccc(Cl)s1. The first-order valence-corrected chi connectivity index (χ1v) is 7.12. The molecule has 1 aromatic rings. The van der Waals surface area contributed by atoms with E-state index in [4.69, 9.17) is 11.6 Å². The van der Waals surface area contributed by atoms with Crippen molar-refractivity contribution < 1.29 is 4.79 Å². The van der Waals surface area contributed by atoms with Crippen LogP contribution in [0.25, 0.3) is 0 Å². The number of amides is 2. The van der Waals surface area contributed by atoms with Crippen LogP contribution >= 0.6 is 38.9 Å². The second-order valence-corrected chi connectivity index (χ2v) is 6.32. The monoisotopic (exact) mass is 336 g/mol. The molecule has 2 amide bonds. The molecule has 0 unspecified atom stereocenters. The van der Waals surface area contributed by atoms with E-state index in [-0.39, 0.29) is 6.03 Å². The first-order chi connectivity index (χ1) is 8.02. The van der Waals surface area contributed by atoms with Crippen molar-refractivity contribution in [3.05, 3.63) is 32.4 Å². The molecule has 94 valence electrons. The minimum absolute atomic E-state index is 0.0994. The van der Waals surface area contributed by atoms with E-state index in [0.717, 1.165) is 13.7 Å². The van der Waals surface area contributed by atoms with Gasteiger partial charge in [0.2, 0.25) is 0 Å². The standard InChI is InChI=1S/C11H14BrClN2OS/c1-3-15(11(16)14-6-8(2)12)7-9-4-5-10(13)17-9/h4-5H,2-3,6-7H2,1H3,(H,14,16). The molecule has 0 atom stereocenters. The largest absolute Gasteiger partial charge is 0.333 e. The van der Waals surface area contributed by atoms with Crippen molar-refractivity contribution in [1.29, 1.82) is 0 Å². The number of hydrogen-bond donors (Lipinski definition) is 1. The lowest BCUT2D eigenvalue weighted by Crippen LogP contribution is -2.39. The molecule has 0 aliphatic carbocycles. The van der Waals surface area contributed by atoms with Crippen molar-refractivity contribution >= 4 is 44.9 Å². The summed E-state index contributed by atoms with van der Waals surface area (Å²) in [6, 6.07) is 3.68. The van der Waals surface area contributed by atoms with E-state index < -0.39 is 0 Å². The molecule has 0 saturated heterocycles. The lowest BCUT2D eigenvalue weighted by atomic mass is 10.4. The molecule has 0 saturated carbocycles. The van der Waals surface area contributed by atoms with Gasteiger partial charge in [-0.15, -0.1) is 11.3 Å². The molecule has 1 aromatic heterocycles. The highest BCUT2D eigenvalue weighted by Gasteiger charge is 2.12. The van der Waals surface area contributed by atoms with Crippen LogP contribution in [-0.4, -0.2) is 24.0 Å². The number of carbonyl (C=O) groups excluding carboxylic acids is 1. The maximum absolute atomic E-state index is 11.8. The highest BCUT2D eigenvalue weighted by Crippen LogP contribution is 2.22. The Hall–Kier alpha value is -0.520. The maximum Gasteiger partial charge on any atom is 0.318 e. The maximum atomic E-state index is 11.8. The van der Waals surface area contributed by atoms with Gasteiger partial charge in [-0.2, -0.15) is 0 Å². The molecule has 17 heavy (non-hydrogen) atoms. The van der Waals surface area contributed by atoms with Crippen LogP contribution in [0.3, 0.4) is 0 Å². The quantitative estimate of drug-likeness (QED) is 0.870. The third-order valence-corrected chi connectivity index (χ3v) is 3.57. The molecule has 0 fully saturated rings. The Bertz CT molecular complexity index is 408. The second kappa shape index (κ2) is 7.03. The summed E-state index contributed by atoms with van der Waals surface area (Å²) in [6.45, 7) is 7.27. The van der Waals surface area contributed by atoms with Crippen LogP contribution in [0.4, 0.5) is 4.79 Å². The number of urea groups is 1. The van der Waals surface area contributed by atoms with Crippen LogP contribution in [0.15, 0.2) is 23.2 Å². The number of nitrogens with one attached hydrogen (secondary N) is 1. The number of carbonyl (C=O) groups is 1. The van der Waals surface area contributed by atoms with E-state index in [0.29, 0.717) is 19.6 Å². The average molecular weight is 338 g/mol. The summed E-state index contributed by atoms with van der Waals surface area (Å²) in [6.07, 6.45) is 0.